The molecule has 4 unspecified atom stereocenters. The molecule has 1 aliphatic rings. The predicted molar refractivity (Wildman–Crippen MR) is 74.0 cm³/mol. The Kier molecular flexibility index (Phi) is 4.45. The number of hydrogen-bond donors (Lipinski definition) is 3. The summed E-state index contributed by atoms with van der Waals surface area (Å²) in [4.78, 5) is 27.7. The number of rotatable bonds is 3. The van der Waals surface area contributed by atoms with E-state index in [-0.39, 0.29) is 3.57 Å². The molecule has 4 atom stereocenters. The predicted octanol–water partition coefficient (Wildman–Crippen LogP) is -0.929. The van der Waals surface area contributed by atoms with Gasteiger partial charge < -0.3 is 14.9 Å². The number of halogens is 1. The summed E-state index contributed by atoms with van der Waals surface area (Å²) >= 11 is 1.72. The van der Waals surface area contributed by atoms with Crippen LogP contribution in [0.2, 0.25) is 0 Å². The molecule has 20 heavy (non-hydrogen) atoms. The lowest BCUT2D eigenvalue weighted by molar-refractivity contribution is -0.0533. The van der Waals surface area contributed by atoms with Crippen LogP contribution in [-0.4, -0.2) is 44.6 Å². The molecule has 1 fully saturated rings. The highest BCUT2D eigenvalue weighted by atomic mass is 127. The smallest absolute Gasteiger partial charge is 0.330 e. The van der Waals surface area contributed by atoms with E-state index in [0.717, 1.165) is 4.57 Å². The summed E-state index contributed by atoms with van der Waals surface area (Å²) in [7, 11) is 0. The van der Waals surface area contributed by atoms with E-state index in [1.165, 1.54) is 6.20 Å². The summed E-state index contributed by atoms with van der Waals surface area (Å²) in [6.45, 7) is -0.480. The van der Waals surface area contributed by atoms with Gasteiger partial charge >= 0.3 is 5.69 Å². The molecule has 0 saturated carbocycles. The number of nitrogens with zero attached hydrogens (tertiary/aromatic N) is 4. The lowest BCUT2D eigenvalue weighted by atomic mass is 10.1. The monoisotopic (exact) mass is 395 g/mol. The number of nitrogens with one attached hydrogen (secondary N) is 1. The van der Waals surface area contributed by atoms with Crippen molar-refractivity contribution in [3.63, 3.8) is 0 Å². The average Bonchev–Trinajstić information content (AvgIpc) is 2.72. The number of aliphatic hydroxyl groups excluding tert-OH is 2. The molecular weight excluding hydrogens is 385 g/mol. The summed E-state index contributed by atoms with van der Waals surface area (Å²) in [6.07, 6.45) is -2.17. The van der Waals surface area contributed by atoms with Gasteiger partial charge in [-0.15, -0.1) is 0 Å². The fraction of sp³-hybridized carbons (Fsp3) is 0.556. The molecule has 0 amide bonds. The third-order valence-electron chi connectivity index (χ3n) is 2.90. The van der Waals surface area contributed by atoms with Gasteiger partial charge in [-0.2, -0.15) is 0 Å². The van der Waals surface area contributed by atoms with E-state index >= 15 is 0 Å². The maximum atomic E-state index is 11.7. The third-order valence-corrected chi connectivity index (χ3v) is 3.67. The van der Waals surface area contributed by atoms with Gasteiger partial charge in [0.05, 0.1) is 22.3 Å². The van der Waals surface area contributed by atoms with Gasteiger partial charge in [-0.3, -0.25) is 14.3 Å². The Balaban J connectivity index is 2.44. The first-order chi connectivity index (χ1) is 9.49. The second-order valence-electron chi connectivity index (χ2n) is 4.08. The van der Waals surface area contributed by atoms with Gasteiger partial charge in [0.15, 0.2) is 6.23 Å². The molecule has 1 saturated heterocycles. The van der Waals surface area contributed by atoms with Crippen LogP contribution in [0.25, 0.3) is 10.4 Å². The number of aliphatic hydroxyl groups is 2. The van der Waals surface area contributed by atoms with E-state index in [1.54, 1.807) is 22.6 Å². The van der Waals surface area contributed by atoms with Crippen molar-refractivity contribution < 1.29 is 14.9 Å². The maximum Gasteiger partial charge on any atom is 0.330 e. The van der Waals surface area contributed by atoms with E-state index in [1.807, 2.05) is 0 Å². The third kappa shape index (κ3) is 2.58. The summed E-state index contributed by atoms with van der Waals surface area (Å²) in [6, 6.07) is -1.02. The standard InChI is InChI=1S/C9H10IN5O5/c10-3-1-15(9(19)12-7(3)18)8-6(17)5(13-14-11)4(2-16)20-8/h1,4-6,8,16-17H,2H2,(H,12,18,19). The van der Waals surface area contributed by atoms with Gasteiger partial charge in [0, 0.05) is 11.1 Å². The molecule has 1 aliphatic heterocycles. The molecule has 2 heterocycles. The fourth-order valence-corrected chi connectivity index (χ4v) is 2.40. The first-order valence-electron chi connectivity index (χ1n) is 5.49. The van der Waals surface area contributed by atoms with Crippen LogP contribution in [-0.2, 0) is 4.74 Å². The second kappa shape index (κ2) is 5.93. The summed E-state index contributed by atoms with van der Waals surface area (Å²) in [5.74, 6) is 0. The molecule has 0 bridgehead atoms. The maximum absolute atomic E-state index is 11.7. The summed E-state index contributed by atoms with van der Waals surface area (Å²) in [5.41, 5.74) is 7.13. The van der Waals surface area contributed by atoms with Crippen LogP contribution < -0.4 is 11.2 Å². The summed E-state index contributed by atoms with van der Waals surface area (Å²) in [5, 5.41) is 22.6. The van der Waals surface area contributed by atoms with Crippen molar-refractivity contribution in [1.29, 1.82) is 0 Å². The van der Waals surface area contributed by atoms with Crippen LogP contribution in [0.1, 0.15) is 6.23 Å². The second-order valence-corrected chi connectivity index (χ2v) is 5.24. The molecule has 0 aliphatic carbocycles. The van der Waals surface area contributed by atoms with Crippen LogP contribution in [0, 0.1) is 3.57 Å². The Bertz CT molecular complexity index is 665. The van der Waals surface area contributed by atoms with Crippen LogP contribution in [0.15, 0.2) is 20.9 Å². The van der Waals surface area contributed by atoms with Gasteiger partial charge in [-0.05, 0) is 28.1 Å². The van der Waals surface area contributed by atoms with Crippen molar-refractivity contribution in [1.82, 2.24) is 9.55 Å². The lowest BCUT2D eigenvalue weighted by Crippen LogP contribution is -2.38. The number of aromatic nitrogens is 2. The molecule has 108 valence electrons. The van der Waals surface area contributed by atoms with Crippen molar-refractivity contribution >= 4 is 22.6 Å². The molecule has 3 N–H and O–H groups in total. The minimum Gasteiger partial charge on any atom is -0.394 e. The molecule has 0 aromatic carbocycles. The van der Waals surface area contributed by atoms with Gasteiger partial charge in [-0.25, -0.2) is 4.79 Å². The molecule has 1 aromatic rings. The highest BCUT2D eigenvalue weighted by molar-refractivity contribution is 14.1. The van der Waals surface area contributed by atoms with Crippen LogP contribution in [0.5, 0.6) is 0 Å². The molecule has 1 aromatic heterocycles. The van der Waals surface area contributed by atoms with E-state index in [0.29, 0.717) is 0 Å². The number of H-pyrrole nitrogens is 1. The van der Waals surface area contributed by atoms with Crippen molar-refractivity contribution in [2.45, 2.75) is 24.5 Å². The SMILES string of the molecule is [N-]=[N+]=NC1C(CO)OC(n2cc(I)c(=O)[nH]c2=O)C1O. The normalized spacial score (nSPS) is 29.1. The minimum atomic E-state index is -1.32. The van der Waals surface area contributed by atoms with Gasteiger partial charge in [0.25, 0.3) is 5.56 Å². The molecule has 10 nitrogen and oxygen atoms in total. The Morgan fingerprint density at radius 2 is 2.30 bits per heavy atom. The first kappa shape index (κ1) is 15.0. The summed E-state index contributed by atoms with van der Waals surface area (Å²) < 4.78 is 6.54. The molecule has 2 rings (SSSR count). The number of hydrogen-bond acceptors (Lipinski definition) is 6. The van der Waals surface area contributed by atoms with Crippen molar-refractivity contribution in [2.24, 2.45) is 5.11 Å². The number of azide groups is 1. The van der Waals surface area contributed by atoms with E-state index in [4.69, 9.17) is 15.4 Å². The first-order valence-corrected chi connectivity index (χ1v) is 6.57. The van der Waals surface area contributed by atoms with Crippen LogP contribution in [0.4, 0.5) is 0 Å². The Morgan fingerprint density at radius 1 is 1.60 bits per heavy atom. The van der Waals surface area contributed by atoms with E-state index in [2.05, 4.69) is 15.0 Å². The van der Waals surface area contributed by atoms with Crippen LogP contribution in [0.3, 0.4) is 0 Å². The molecular formula is C9H10IN5O5. The largest absolute Gasteiger partial charge is 0.394 e. The number of aromatic amines is 1. The zero-order valence-electron chi connectivity index (χ0n) is 9.88. The average molecular weight is 395 g/mol. The Hall–Kier alpha value is -1.40. The minimum absolute atomic E-state index is 0.228. The van der Waals surface area contributed by atoms with Crippen molar-refractivity contribution in [3.05, 3.63) is 41.0 Å². The quantitative estimate of drug-likeness (QED) is 0.261. The van der Waals surface area contributed by atoms with Crippen molar-refractivity contribution in [2.75, 3.05) is 6.61 Å². The fourth-order valence-electron chi connectivity index (χ4n) is 1.96. The zero-order valence-corrected chi connectivity index (χ0v) is 12.0. The topological polar surface area (TPSA) is 153 Å². The van der Waals surface area contributed by atoms with Gasteiger partial charge in [0.2, 0.25) is 0 Å². The lowest BCUT2D eigenvalue weighted by Gasteiger charge is -2.17. The van der Waals surface area contributed by atoms with Gasteiger partial charge in [-0.1, -0.05) is 5.11 Å². The molecule has 11 heteroatoms. The Morgan fingerprint density at radius 3 is 2.90 bits per heavy atom. The molecule has 0 spiro atoms. The highest BCUT2D eigenvalue weighted by Gasteiger charge is 2.44. The zero-order chi connectivity index (χ0) is 14.9. The highest BCUT2D eigenvalue weighted by Crippen LogP contribution is 2.30. The van der Waals surface area contributed by atoms with Gasteiger partial charge in [0.1, 0.15) is 6.10 Å². The van der Waals surface area contributed by atoms with Crippen molar-refractivity contribution in [3.8, 4) is 0 Å². The van der Waals surface area contributed by atoms with E-state index < -0.39 is 42.3 Å². The molecule has 0 radical (unpaired) electrons. The van der Waals surface area contributed by atoms with E-state index in [9.17, 15) is 14.7 Å². The van der Waals surface area contributed by atoms with Crippen LogP contribution >= 0.6 is 22.6 Å². The number of ether oxygens (including phenoxy) is 1. The Labute approximate surface area is 124 Å².